The van der Waals surface area contributed by atoms with Crippen LogP contribution in [0, 0.1) is 17.8 Å². The van der Waals surface area contributed by atoms with Crippen molar-refractivity contribution in [1.82, 2.24) is 10.2 Å². The molecular formula is C18H32N2O. The number of nitrogens with zero attached hydrogens (tertiary/aromatic N) is 1. The Hall–Kier alpha value is -0.570. The topological polar surface area (TPSA) is 32.3 Å². The van der Waals surface area contributed by atoms with Gasteiger partial charge in [-0.3, -0.25) is 10.1 Å². The zero-order valence-electron chi connectivity index (χ0n) is 14.0. The van der Waals surface area contributed by atoms with Gasteiger partial charge in [-0.2, -0.15) is 0 Å². The van der Waals surface area contributed by atoms with Gasteiger partial charge in [0.25, 0.3) is 0 Å². The molecule has 3 heteroatoms. The lowest BCUT2D eigenvalue weighted by Gasteiger charge is -2.31. The normalized spacial score (nSPS) is 41.4. The minimum atomic E-state index is -0.322. The van der Waals surface area contributed by atoms with Crippen LogP contribution in [0.3, 0.4) is 0 Å². The van der Waals surface area contributed by atoms with Crippen molar-refractivity contribution in [3.63, 3.8) is 0 Å². The summed E-state index contributed by atoms with van der Waals surface area (Å²) in [5.41, 5.74) is -0.322. The zero-order valence-corrected chi connectivity index (χ0v) is 14.0. The predicted octanol–water partition coefficient (Wildman–Crippen LogP) is 3.54. The minimum absolute atomic E-state index is 0.306. The number of amides is 1. The van der Waals surface area contributed by atoms with E-state index in [0.29, 0.717) is 18.0 Å². The van der Waals surface area contributed by atoms with Gasteiger partial charge >= 0.3 is 0 Å². The Labute approximate surface area is 129 Å². The van der Waals surface area contributed by atoms with Crippen LogP contribution in [-0.2, 0) is 4.79 Å². The van der Waals surface area contributed by atoms with Gasteiger partial charge in [0.15, 0.2) is 0 Å². The number of carbonyl (C=O) groups excluding carboxylic acids is 1. The fourth-order valence-electron chi connectivity index (χ4n) is 4.77. The molecule has 1 N–H and O–H groups in total. The van der Waals surface area contributed by atoms with E-state index in [4.69, 9.17) is 0 Å². The van der Waals surface area contributed by atoms with Gasteiger partial charge in [-0.25, -0.2) is 0 Å². The van der Waals surface area contributed by atoms with E-state index in [1.807, 2.05) is 0 Å². The van der Waals surface area contributed by atoms with Crippen molar-refractivity contribution in [1.29, 1.82) is 0 Å². The molecule has 1 heterocycles. The van der Waals surface area contributed by atoms with Gasteiger partial charge in [-0.15, -0.1) is 0 Å². The molecule has 0 spiro atoms. The number of carbonyl (C=O) groups is 1. The van der Waals surface area contributed by atoms with Crippen LogP contribution in [0.25, 0.3) is 0 Å². The second-order valence-electron chi connectivity index (χ2n) is 8.06. The molecule has 0 aromatic carbocycles. The van der Waals surface area contributed by atoms with Crippen molar-refractivity contribution in [2.75, 3.05) is 6.54 Å². The maximum atomic E-state index is 13.0. The molecule has 2 saturated carbocycles. The molecule has 3 nitrogen and oxygen atoms in total. The van der Waals surface area contributed by atoms with Crippen molar-refractivity contribution in [2.45, 2.75) is 83.8 Å². The minimum Gasteiger partial charge on any atom is -0.325 e. The Balaban J connectivity index is 1.74. The highest BCUT2D eigenvalue weighted by Crippen LogP contribution is 2.38. The lowest BCUT2D eigenvalue weighted by molar-refractivity contribution is -0.134. The first-order valence-corrected chi connectivity index (χ1v) is 9.12. The van der Waals surface area contributed by atoms with Crippen molar-refractivity contribution in [3.05, 3.63) is 0 Å². The Morgan fingerprint density at radius 3 is 2.52 bits per heavy atom. The van der Waals surface area contributed by atoms with Gasteiger partial charge in [0.2, 0.25) is 5.91 Å². The molecule has 0 radical (unpaired) electrons. The van der Waals surface area contributed by atoms with Crippen LogP contribution in [0.15, 0.2) is 0 Å². The van der Waals surface area contributed by atoms with Crippen LogP contribution in [0.1, 0.15) is 72.1 Å². The smallest absolute Gasteiger partial charge is 0.243 e. The molecule has 2 aliphatic carbocycles. The summed E-state index contributed by atoms with van der Waals surface area (Å²) in [6.07, 6.45) is 10.4. The summed E-state index contributed by atoms with van der Waals surface area (Å²) < 4.78 is 0. The molecule has 1 amide bonds. The quantitative estimate of drug-likeness (QED) is 0.859. The summed E-state index contributed by atoms with van der Waals surface area (Å²) in [4.78, 5) is 15.2. The maximum absolute atomic E-state index is 13.0. The predicted molar refractivity (Wildman–Crippen MR) is 85.8 cm³/mol. The van der Waals surface area contributed by atoms with Crippen molar-refractivity contribution >= 4 is 5.91 Å². The van der Waals surface area contributed by atoms with Crippen molar-refractivity contribution in [2.24, 2.45) is 17.8 Å². The van der Waals surface area contributed by atoms with E-state index in [0.717, 1.165) is 24.8 Å². The average molecular weight is 292 g/mol. The molecule has 21 heavy (non-hydrogen) atoms. The number of hydrogen-bond donors (Lipinski definition) is 1. The van der Waals surface area contributed by atoms with Crippen molar-refractivity contribution < 1.29 is 4.79 Å². The monoisotopic (exact) mass is 292 g/mol. The van der Waals surface area contributed by atoms with Crippen LogP contribution < -0.4 is 5.32 Å². The third-order valence-corrected chi connectivity index (χ3v) is 6.35. The van der Waals surface area contributed by atoms with Crippen LogP contribution in [0.2, 0.25) is 0 Å². The van der Waals surface area contributed by atoms with E-state index < -0.39 is 0 Å². The largest absolute Gasteiger partial charge is 0.325 e. The maximum Gasteiger partial charge on any atom is 0.243 e. The van der Waals surface area contributed by atoms with E-state index in [2.05, 4.69) is 31.0 Å². The van der Waals surface area contributed by atoms with Crippen LogP contribution in [0.4, 0.5) is 0 Å². The zero-order chi connectivity index (χ0) is 15.0. The molecule has 0 aromatic heterocycles. The molecular weight excluding hydrogens is 260 g/mol. The van der Waals surface area contributed by atoms with E-state index in [-0.39, 0.29) is 5.54 Å². The van der Waals surface area contributed by atoms with Gasteiger partial charge in [-0.05, 0) is 56.8 Å². The van der Waals surface area contributed by atoms with E-state index in [9.17, 15) is 4.79 Å². The standard InChI is InChI=1S/C18H32N2O/c1-4-18(3)17(21)20(12-14-10-9-13(2)11-14)16(19-18)15-7-5-6-8-15/h13-16,19H,4-12H2,1-3H3. The molecule has 3 aliphatic rings. The lowest BCUT2D eigenvalue weighted by Crippen LogP contribution is -2.45. The van der Waals surface area contributed by atoms with Crippen molar-refractivity contribution in [3.8, 4) is 0 Å². The number of nitrogens with one attached hydrogen (secondary N) is 1. The van der Waals surface area contributed by atoms with Gasteiger partial charge in [-0.1, -0.05) is 33.1 Å². The summed E-state index contributed by atoms with van der Waals surface area (Å²) in [5, 5.41) is 3.72. The van der Waals surface area contributed by atoms with Gasteiger partial charge in [0.05, 0.1) is 11.7 Å². The molecule has 4 atom stereocenters. The average Bonchev–Trinajstić information content (AvgIpc) is 3.17. The third kappa shape index (κ3) is 2.86. The Kier molecular flexibility index (Phi) is 4.31. The molecule has 1 saturated heterocycles. The highest BCUT2D eigenvalue weighted by Gasteiger charge is 2.49. The van der Waals surface area contributed by atoms with Crippen LogP contribution in [-0.4, -0.2) is 29.1 Å². The summed E-state index contributed by atoms with van der Waals surface area (Å²) in [5.74, 6) is 2.62. The first-order chi connectivity index (χ1) is 10.0. The van der Waals surface area contributed by atoms with Gasteiger partial charge in [0.1, 0.15) is 0 Å². The molecule has 3 rings (SSSR count). The second kappa shape index (κ2) is 5.91. The van der Waals surface area contributed by atoms with Gasteiger partial charge < -0.3 is 4.90 Å². The molecule has 0 aromatic rings. The van der Waals surface area contributed by atoms with E-state index >= 15 is 0 Å². The number of hydrogen-bond acceptors (Lipinski definition) is 2. The van der Waals surface area contributed by atoms with E-state index in [1.54, 1.807) is 0 Å². The second-order valence-corrected chi connectivity index (χ2v) is 8.06. The summed E-state index contributed by atoms with van der Waals surface area (Å²) in [7, 11) is 0. The Bertz CT molecular complexity index is 391. The Morgan fingerprint density at radius 2 is 1.95 bits per heavy atom. The van der Waals surface area contributed by atoms with E-state index in [1.165, 1.54) is 44.9 Å². The fraction of sp³-hybridized carbons (Fsp3) is 0.944. The summed E-state index contributed by atoms with van der Waals surface area (Å²) in [6, 6.07) is 0. The fourth-order valence-corrected chi connectivity index (χ4v) is 4.77. The third-order valence-electron chi connectivity index (χ3n) is 6.35. The molecule has 120 valence electrons. The summed E-state index contributed by atoms with van der Waals surface area (Å²) >= 11 is 0. The molecule has 3 fully saturated rings. The highest BCUT2D eigenvalue weighted by molar-refractivity contribution is 5.88. The SMILES string of the molecule is CCC1(C)NC(C2CCCC2)N(CC2CCC(C)C2)C1=O. The highest BCUT2D eigenvalue weighted by atomic mass is 16.2. The first-order valence-electron chi connectivity index (χ1n) is 9.12. The van der Waals surface area contributed by atoms with Crippen LogP contribution in [0.5, 0.6) is 0 Å². The van der Waals surface area contributed by atoms with Crippen LogP contribution >= 0.6 is 0 Å². The van der Waals surface area contributed by atoms with Gasteiger partial charge in [0, 0.05) is 6.54 Å². The summed E-state index contributed by atoms with van der Waals surface area (Å²) in [6.45, 7) is 7.59. The molecule has 1 aliphatic heterocycles. The molecule has 4 unspecified atom stereocenters. The lowest BCUT2D eigenvalue weighted by atomic mass is 9.98. The number of rotatable bonds is 4. The molecule has 0 bridgehead atoms. The Morgan fingerprint density at radius 1 is 1.24 bits per heavy atom. The first kappa shape index (κ1) is 15.3.